The van der Waals surface area contributed by atoms with E-state index in [1.165, 1.54) is 11.3 Å². The minimum absolute atomic E-state index is 0.00758. The van der Waals surface area contributed by atoms with Crippen molar-refractivity contribution in [3.8, 4) is 27.7 Å². The first-order valence-electron chi connectivity index (χ1n) is 17.0. The Morgan fingerprint density at radius 1 is 0.863 bits per heavy atom. The number of thiazole rings is 1. The van der Waals surface area contributed by atoms with E-state index in [2.05, 4.69) is 26.3 Å². The second-order valence-corrected chi connectivity index (χ2v) is 14.2. The molecule has 14 heteroatoms. The van der Waals surface area contributed by atoms with E-state index in [-0.39, 0.29) is 42.2 Å². The molecule has 0 radical (unpaired) electrons. The van der Waals surface area contributed by atoms with E-state index in [1.54, 1.807) is 58.5 Å². The molecule has 4 rings (SSSR count). The molecule has 2 aromatic carbocycles. The Kier molecular flexibility index (Phi) is 13.9. The van der Waals surface area contributed by atoms with Crippen LogP contribution in [-0.4, -0.2) is 79.9 Å². The van der Waals surface area contributed by atoms with Gasteiger partial charge in [-0.15, -0.1) is 11.3 Å². The number of Topliss-reactive ketones (excluding diaryl/α,β-unsaturated/α-hetero) is 1. The van der Waals surface area contributed by atoms with Crippen molar-refractivity contribution in [2.75, 3.05) is 27.4 Å². The van der Waals surface area contributed by atoms with Crippen LogP contribution in [0, 0.1) is 17.8 Å². The summed E-state index contributed by atoms with van der Waals surface area (Å²) >= 11 is 1.19. The quantitative estimate of drug-likeness (QED) is 0.143. The normalized spacial score (nSPS) is 15.8. The Morgan fingerprint density at radius 2 is 1.47 bits per heavy atom. The van der Waals surface area contributed by atoms with Gasteiger partial charge in [-0.3, -0.25) is 24.0 Å². The molecular weight excluding hydrogens is 675 g/mol. The van der Waals surface area contributed by atoms with Gasteiger partial charge in [-0.1, -0.05) is 27.7 Å². The van der Waals surface area contributed by atoms with Crippen molar-refractivity contribution in [1.82, 2.24) is 26.3 Å². The molecule has 0 unspecified atom stereocenters. The minimum Gasteiger partial charge on any atom is -0.497 e. The first-order chi connectivity index (χ1) is 24.4. The molecule has 0 spiro atoms. The zero-order chi connectivity index (χ0) is 37.1. The molecule has 51 heavy (non-hydrogen) atoms. The molecule has 0 bridgehead atoms. The lowest BCUT2D eigenvalue weighted by atomic mass is 9.95. The number of hydrogen-bond acceptors (Lipinski definition) is 10. The van der Waals surface area contributed by atoms with Crippen LogP contribution in [0.1, 0.15) is 56.8 Å². The van der Waals surface area contributed by atoms with Gasteiger partial charge in [0.25, 0.3) is 5.91 Å². The number of methoxy groups -OCH3 is 2. The predicted molar refractivity (Wildman–Crippen MR) is 193 cm³/mol. The molecule has 4 N–H and O–H groups in total. The Hall–Kier alpha value is -4.98. The fourth-order valence-electron chi connectivity index (χ4n) is 5.62. The van der Waals surface area contributed by atoms with Crippen LogP contribution in [0.3, 0.4) is 0 Å². The van der Waals surface area contributed by atoms with Crippen LogP contribution in [0.4, 0.5) is 0 Å². The maximum absolute atomic E-state index is 13.9. The van der Waals surface area contributed by atoms with Crippen LogP contribution in [-0.2, 0) is 19.2 Å². The van der Waals surface area contributed by atoms with Crippen molar-refractivity contribution in [3.05, 3.63) is 59.7 Å². The maximum Gasteiger partial charge on any atom is 0.258 e. The van der Waals surface area contributed by atoms with E-state index in [0.717, 1.165) is 10.4 Å². The summed E-state index contributed by atoms with van der Waals surface area (Å²) < 4.78 is 15.9. The standard InChI is InChI=1S/C37H47N5O8S/c1-21(2)17-29(41-36(47)32(22(3)4)42-31(43)20-50-27-13-11-26(49-6)12-14-27)35(46)40-28(18-24-15-16-38-34(24)45)33(44)37-39-19-30(51-37)23-7-9-25(48-5)10-8-23/h7-14,19,21-22,24,28-29,32H,15-18,20H2,1-6H3,(H,38,45)(H,40,46)(H,41,47)(H,42,43)/t24-,28-,29-,32-/m1/s1. The largest absolute Gasteiger partial charge is 0.497 e. The van der Waals surface area contributed by atoms with Crippen molar-refractivity contribution in [3.63, 3.8) is 0 Å². The van der Waals surface area contributed by atoms with E-state index in [1.807, 2.05) is 38.1 Å². The van der Waals surface area contributed by atoms with Crippen molar-refractivity contribution < 1.29 is 38.2 Å². The molecule has 3 aromatic rings. The Balaban J connectivity index is 1.47. The number of rotatable bonds is 18. The molecule has 1 aliphatic rings. The number of hydrogen-bond donors (Lipinski definition) is 4. The summed E-state index contributed by atoms with van der Waals surface area (Å²) in [6.07, 6.45) is 2.47. The van der Waals surface area contributed by atoms with Crippen molar-refractivity contribution in [2.24, 2.45) is 17.8 Å². The first-order valence-corrected chi connectivity index (χ1v) is 17.8. The minimum atomic E-state index is -1.07. The average Bonchev–Trinajstić information content (AvgIpc) is 3.78. The summed E-state index contributed by atoms with van der Waals surface area (Å²) in [4.78, 5) is 71.9. The second-order valence-electron chi connectivity index (χ2n) is 13.1. The summed E-state index contributed by atoms with van der Waals surface area (Å²) in [6.45, 7) is 7.54. The third-order valence-electron chi connectivity index (χ3n) is 8.44. The third kappa shape index (κ3) is 11.0. The molecule has 1 saturated heterocycles. The van der Waals surface area contributed by atoms with Crippen LogP contribution in [0.5, 0.6) is 17.2 Å². The molecule has 0 aliphatic carbocycles. The number of benzene rings is 2. The number of ketones is 1. The molecule has 274 valence electrons. The first kappa shape index (κ1) is 38.8. The average molecular weight is 722 g/mol. The smallest absolute Gasteiger partial charge is 0.258 e. The monoisotopic (exact) mass is 721 g/mol. The van der Waals surface area contributed by atoms with Crippen molar-refractivity contribution >= 4 is 40.7 Å². The maximum atomic E-state index is 13.9. The fourth-order valence-corrected chi connectivity index (χ4v) is 6.54. The van der Waals surface area contributed by atoms with Crippen LogP contribution in [0.15, 0.2) is 54.7 Å². The summed E-state index contributed by atoms with van der Waals surface area (Å²) in [6, 6.07) is 11.0. The summed E-state index contributed by atoms with van der Waals surface area (Å²) in [5, 5.41) is 11.3. The summed E-state index contributed by atoms with van der Waals surface area (Å²) in [5.41, 5.74) is 0.849. The number of carbonyl (C=O) groups excluding carboxylic acids is 5. The van der Waals surface area contributed by atoms with Gasteiger partial charge in [0.1, 0.15) is 29.3 Å². The van der Waals surface area contributed by atoms with Crippen LogP contribution in [0.2, 0.25) is 0 Å². The van der Waals surface area contributed by atoms with Crippen LogP contribution < -0.4 is 35.5 Å². The molecule has 0 saturated carbocycles. The van der Waals surface area contributed by atoms with E-state index < -0.39 is 47.5 Å². The molecule has 2 heterocycles. The highest BCUT2D eigenvalue weighted by atomic mass is 32.1. The lowest BCUT2D eigenvalue weighted by Gasteiger charge is -2.27. The van der Waals surface area contributed by atoms with Gasteiger partial charge in [-0.25, -0.2) is 4.98 Å². The van der Waals surface area contributed by atoms with E-state index >= 15 is 0 Å². The highest BCUT2D eigenvalue weighted by molar-refractivity contribution is 7.17. The Bertz CT molecular complexity index is 1660. The lowest BCUT2D eigenvalue weighted by molar-refractivity contribution is -0.134. The molecule has 4 atom stereocenters. The molecule has 1 fully saturated rings. The highest BCUT2D eigenvalue weighted by Gasteiger charge is 2.36. The number of carbonyl (C=O) groups is 5. The number of amides is 4. The van der Waals surface area contributed by atoms with Crippen LogP contribution >= 0.6 is 11.3 Å². The van der Waals surface area contributed by atoms with Crippen molar-refractivity contribution in [2.45, 2.75) is 65.1 Å². The van der Waals surface area contributed by atoms with Gasteiger partial charge in [-0.05, 0) is 85.2 Å². The van der Waals surface area contributed by atoms with Gasteiger partial charge in [0.05, 0.1) is 25.1 Å². The van der Waals surface area contributed by atoms with Gasteiger partial charge in [0, 0.05) is 18.7 Å². The third-order valence-corrected chi connectivity index (χ3v) is 9.50. The highest BCUT2D eigenvalue weighted by Crippen LogP contribution is 2.29. The number of nitrogens with zero attached hydrogens (tertiary/aromatic N) is 1. The fraction of sp³-hybridized carbons (Fsp3) is 0.459. The van der Waals surface area contributed by atoms with Gasteiger partial charge in [-0.2, -0.15) is 0 Å². The van der Waals surface area contributed by atoms with E-state index in [9.17, 15) is 24.0 Å². The Labute approximate surface area is 302 Å². The number of ether oxygens (including phenoxy) is 3. The predicted octanol–water partition coefficient (Wildman–Crippen LogP) is 3.77. The van der Waals surface area contributed by atoms with Crippen LogP contribution in [0.25, 0.3) is 10.4 Å². The van der Waals surface area contributed by atoms with Gasteiger partial charge in [0.2, 0.25) is 23.5 Å². The summed E-state index contributed by atoms with van der Waals surface area (Å²) in [5.74, 6) is -1.25. The zero-order valence-corrected chi connectivity index (χ0v) is 30.6. The SMILES string of the molecule is COc1ccc(OCC(=O)N[C@@H](C(=O)N[C@H](CC(C)C)C(=O)N[C@H](C[C@H]2CCNC2=O)C(=O)c2ncc(-c3ccc(OC)cc3)s2)C(C)C)cc1. The molecule has 1 aromatic heterocycles. The Morgan fingerprint density at radius 3 is 2.04 bits per heavy atom. The van der Waals surface area contributed by atoms with E-state index in [0.29, 0.717) is 30.2 Å². The zero-order valence-electron chi connectivity index (χ0n) is 29.8. The van der Waals surface area contributed by atoms with Crippen molar-refractivity contribution in [1.29, 1.82) is 0 Å². The van der Waals surface area contributed by atoms with Gasteiger partial charge >= 0.3 is 0 Å². The number of aromatic nitrogens is 1. The van der Waals surface area contributed by atoms with Gasteiger partial charge < -0.3 is 35.5 Å². The lowest BCUT2D eigenvalue weighted by Crippen LogP contribution is -2.57. The molecule has 4 amide bonds. The molecule has 13 nitrogen and oxygen atoms in total. The van der Waals surface area contributed by atoms with E-state index in [4.69, 9.17) is 14.2 Å². The number of nitrogens with one attached hydrogen (secondary N) is 4. The van der Waals surface area contributed by atoms with Gasteiger partial charge in [0.15, 0.2) is 11.6 Å². The summed E-state index contributed by atoms with van der Waals surface area (Å²) in [7, 11) is 3.13. The molecular formula is C37H47N5O8S. The topological polar surface area (TPSA) is 174 Å². The molecule has 1 aliphatic heterocycles. The second kappa shape index (κ2) is 18.3.